The van der Waals surface area contributed by atoms with Crippen LogP contribution in [0.1, 0.15) is 41.3 Å². The van der Waals surface area contributed by atoms with Gasteiger partial charge in [0.25, 0.3) is 5.56 Å². The van der Waals surface area contributed by atoms with E-state index in [2.05, 4.69) is 6.92 Å². The van der Waals surface area contributed by atoms with Gasteiger partial charge in [0.15, 0.2) is 0 Å². The lowest BCUT2D eigenvalue weighted by Gasteiger charge is -2.16. The van der Waals surface area contributed by atoms with Crippen LogP contribution in [0.25, 0.3) is 22.0 Å². The Labute approximate surface area is 204 Å². The number of hydrogen-bond acceptors (Lipinski definition) is 5. The highest BCUT2D eigenvalue weighted by Gasteiger charge is 2.17. The number of aromatic hydroxyl groups is 1. The van der Waals surface area contributed by atoms with Gasteiger partial charge in [0.1, 0.15) is 11.5 Å². The van der Waals surface area contributed by atoms with Gasteiger partial charge in [0.2, 0.25) is 0 Å². The predicted molar refractivity (Wildman–Crippen MR) is 137 cm³/mol. The summed E-state index contributed by atoms with van der Waals surface area (Å²) in [5.41, 5.74) is 3.93. The first-order valence-corrected chi connectivity index (χ1v) is 11.7. The van der Waals surface area contributed by atoms with Crippen LogP contribution >= 0.6 is 0 Å². The molecule has 0 bridgehead atoms. The molecule has 1 aromatic heterocycles. The maximum atomic E-state index is 13.5. The fourth-order valence-electron chi connectivity index (χ4n) is 4.33. The molecule has 6 nitrogen and oxygen atoms in total. The summed E-state index contributed by atoms with van der Waals surface area (Å²) < 4.78 is 12.0. The third-order valence-electron chi connectivity index (χ3n) is 6.26. The van der Waals surface area contributed by atoms with E-state index >= 15 is 0 Å². The third-order valence-corrected chi connectivity index (χ3v) is 6.26. The molecule has 0 aliphatic heterocycles. The number of rotatable bonds is 8. The summed E-state index contributed by atoms with van der Waals surface area (Å²) in [7, 11) is 2.94. The minimum atomic E-state index is -0.389. The largest absolute Gasteiger partial charge is 0.507 e. The first-order chi connectivity index (χ1) is 17.0. The molecule has 4 rings (SSSR count). The van der Waals surface area contributed by atoms with Gasteiger partial charge in [-0.15, -0.1) is 0 Å². The second-order valence-corrected chi connectivity index (χ2v) is 8.44. The van der Waals surface area contributed by atoms with Gasteiger partial charge >= 0.3 is 5.97 Å². The van der Waals surface area contributed by atoms with Crippen molar-refractivity contribution in [3.05, 3.63) is 93.8 Å². The number of ether oxygens (including phenoxy) is 2. The Morgan fingerprint density at radius 2 is 1.74 bits per heavy atom. The van der Waals surface area contributed by atoms with Crippen LogP contribution in [0.4, 0.5) is 0 Å². The second kappa shape index (κ2) is 10.5. The van der Waals surface area contributed by atoms with E-state index in [9.17, 15) is 14.7 Å². The van der Waals surface area contributed by atoms with Crippen molar-refractivity contribution >= 4 is 16.9 Å². The number of benzene rings is 3. The van der Waals surface area contributed by atoms with E-state index in [-0.39, 0.29) is 17.3 Å². The number of carbonyl (C=O) groups is 1. The number of fused-ring (bicyclic) bond motifs is 1. The fraction of sp³-hybridized carbons (Fsp3) is 0.241. The van der Waals surface area contributed by atoms with Gasteiger partial charge in [-0.25, -0.2) is 4.79 Å². The van der Waals surface area contributed by atoms with Gasteiger partial charge in [-0.3, -0.25) is 4.79 Å². The van der Waals surface area contributed by atoms with E-state index in [1.54, 1.807) is 42.0 Å². The number of esters is 1. The van der Waals surface area contributed by atoms with Crippen LogP contribution in [-0.4, -0.2) is 29.9 Å². The van der Waals surface area contributed by atoms with E-state index in [1.165, 1.54) is 7.11 Å². The topological polar surface area (TPSA) is 77.8 Å². The number of carbonyl (C=O) groups excluding carboxylic acids is 1. The summed E-state index contributed by atoms with van der Waals surface area (Å²) in [6.45, 7) is 2.39. The molecule has 0 aliphatic rings. The molecule has 3 aromatic carbocycles. The molecule has 0 atom stereocenters. The molecule has 35 heavy (non-hydrogen) atoms. The summed E-state index contributed by atoms with van der Waals surface area (Å²) in [5, 5.41) is 11.5. The predicted octanol–water partition coefficient (Wildman–Crippen LogP) is 5.56. The maximum Gasteiger partial charge on any atom is 0.338 e. The Kier molecular flexibility index (Phi) is 7.20. The lowest BCUT2D eigenvalue weighted by atomic mass is 9.98. The molecule has 6 heteroatoms. The van der Waals surface area contributed by atoms with Crippen molar-refractivity contribution < 1.29 is 19.4 Å². The Bertz CT molecular complexity index is 1420. The van der Waals surface area contributed by atoms with Gasteiger partial charge in [0, 0.05) is 11.5 Å². The summed E-state index contributed by atoms with van der Waals surface area (Å²) >= 11 is 0. The highest BCUT2D eigenvalue weighted by atomic mass is 16.5. The van der Waals surface area contributed by atoms with E-state index in [0.717, 1.165) is 29.5 Å². The molecular formula is C29H29NO5. The normalized spacial score (nSPS) is 10.9. The SMILES string of the molecule is CCCCc1c(O)c2ccc(OC)cc2n(Cc2ccc(-c3ccccc3C(=O)OC)cc2)c1=O. The van der Waals surface area contributed by atoms with Crippen molar-refractivity contribution in [3.63, 3.8) is 0 Å². The fourth-order valence-corrected chi connectivity index (χ4v) is 4.33. The van der Waals surface area contributed by atoms with Gasteiger partial charge in [-0.2, -0.15) is 0 Å². The number of pyridine rings is 1. The van der Waals surface area contributed by atoms with Crippen LogP contribution in [0.5, 0.6) is 11.5 Å². The third kappa shape index (κ3) is 4.78. The standard InChI is InChI=1S/C29H29NO5/c1-4-5-8-25-27(31)24-16-15-21(34-2)17-26(24)30(28(25)32)18-19-11-13-20(14-12-19)22-9-6-7-10-23(22)29(33)35-3/h6-7,9-17,31H,4-5,8,18H2,1-3H3. The first kappa shape index (κ1) is 24.1. The van der Waals surface area contributed by atoms with Gasteiger partial charge in [0.05, 0.1) is 37.4 Å². The van der Waals surface area contributed by atoms with E-state index in [1.807, 2.05) is 36.4 Å². The number of nitrogens with zero attached hydrogens (tertiary/aromatic N) is 1. The number of methoxy groups -OCH3 is 2. The van der Waals surface area contributed by atoms with Crippen LogP contribution < -0.4 is 10.3 Å². The van der Waals surface area contributed by atoms with Crippen LogP contribution in [0.15, 0.2) is 71.5 Å². The smallest absolute Gasteiger partial charge is 0.338 e. The molecule has 1 heterocycles. The average Bonchev–Trinajstić information content (AvgIpc) is 2.90. The Morgan fingerprint density at radius 3 is 2.43 bits per heavy atom. The zero-order valence-corrected chi connectivity index (χ0v) is 20.2. The highest BCUT2D eigenvalue weighted by Crippen LogP contribution is 2.31. The molecule has 4 aromatic rings. The van der Waals surface area contributed by atoms with Gasteiger partial charge < -0.3 is 19.1 Å². The van der Waals surface area contributed by atoms with Crippen molar-refractivity contribution in [2.45, 2.75) is 32.7 Å². The van der Waals surface area contributed by atoms with Crippen LogP contribution in [0.2, 0.25) is 0 Å². The van der Waals surface area contributed by atoms with Crippen molar-refractivity contribution in [1.82, 2.24) is 4.57 Å². The molecule has 0 radical (unpaired) electrons. The monoisotopic (exact) mass is 471 g/mol. The zero-order chi connectivity index (χ0) is 24.9. The zero-order valence-electron chi connectivity index (χ0n) is 20.2. The summed E-state index contributed by atoms with van der Waals surface area (Å²) in [4.78, 5) is 25.6. The lowest BCUT2D eigenvalue weighted by molar-refractivity contribution is 0.0601. The molecule has 0 aliphatic carbocycles. The molecule has 1 N–H and O–H groups in total. The Hall–Kier alpha value is -4.06. The van der Waals surface area contributed by atoms with Gasteiger partial charge in [-0.05, 0) is 47.7 Å². The van der Waals surface area contributed by atoms with Crippen LogP contribution in [-0.2, 0) is 17.7 Å². The molecule has 0 amide bonds. The van der Waals surface area contributed by atoms with E-state index in [4.69, 9.17) is 9.47 Å². The van der Waals surface area contributed by atoms with Crippen molar-refractivity contribution in [3.8, 4) is 22.6 Å². The van der Waals surface area contributed by atoms with Crippen molar-refractivity contribution in [1.29, 1.82) is 0 Å². The second-order valence-electron chi connectivity index (χ2n) is 8.44. The lowest BCUT2D eigenvalue weighted by Crippen LogP contribution is -2.25. The number of unbranched alkanes of at least 4 members (excludes halogenated alkanes) is 1. The quantitative estimate of drug-likeness (QED) is 0.341. The van der Waals surface area contributed by atoms with Gasteiger partial charge in [-0.1, -0.05) is 55.8 Å². The van der Waals surface area contributed by atoms with E-state index < -0.39 is 0 Å². The molecular weight excluding hydrogens is 442 g/mol. The molecule has 0 fully saturated rings. The van der Waals surface area contributed by atoms with Crippen LogP contribution in [0.3, 0.4) is 0 Å². The first-order valence-electron chi connectivity index (χ1n) is 11.7. The van der Waals surface area contributed by atoms with Crippen molar-refractivity contribution in [2.24, 2.45) is 0 Å². The highest BCUT2D eigenvalue weighted by molar-refractivity contribution is 5.97. The van der Waals surface area contributed by atoms with E-state index in [0.29, 0.717) is 40.7 Å². The molecule has 0 saturated carbocycles. The van der Waals surface area contributed by atoms with Crippen LogP contribution in [0, 0.1) is 0 Å². The van der Waals surface area contributed by atoms with Crippen molar-refractivity contribution in [2.75, 3.05) is 14.2 Å². The molecule has 0 saturated heterocycles. The molecule has 0 spiro atoms. The summed E-state index contributed by atoms with van der Waals surface area (Å²) in [6.07, 6.45) is 2.26. The molecule has 0 unspecified atom stereocenters. The summed E-state index contributed by atoms with van der Waals surface area (Å²) in [6, 6.07) is 20.4. The number of aromatic nitrogens is 1. The Balaban J connectivity index is 1.77. The average molecular weight is 472 g/mol. The Morgan fingerprint density at radius 1 is 1.00 bits per heavy atom. The maximum absolute atomic E-state index is 13.5. The minimum absolute atomic E-state index is 0.0483. The minimum Gasteiger partial charge on any atom is -0.507 e. The summed E-state index contributed by atoms with van der Waals surface area (Å²) in [5.74, 6) is 0.272. The number of hydrogen-bond donors (Lipinski definition) is 1. The molecule has 180 valence electrons.